The topological polar surface area (TPSA) is 50.7 Å². The number of ether oxygens (including phenoxy) is 2. The minimum absolute atomic E-state index is 0.124. The van der Waals surface area contributed by atoms with Crippen molar-refractivity contribution in [1.82, 2.24) is 5.32 Å². The van der Waals surface area contributed by atoms with Crippen LogP contribution in [-0.4, -0.2) is 31.0 Å². The van der Waals surface area contributed by atoms with Crippen molar-refractivity contribution in [1.29, 1.82) is 0 Å². The van der Waals surface area contributed by atoms with Crippen LogP contribution in [0.5, 0.6) is 11.5 Å². The van der Waals surface area contributed by atoms with E-state index in [0.717, 1.165) is 40.8 Å². The number of rotatable bonds is 8. The monoisotopic (exact) mass is 371 g/mol. The normalized spacial score (nSPS) is 16.7. The SMILES string of the molecule is CC[C@H](CO)NCc1cc(Br)c(OC2CCCC2)c(OC)c1. The maximum atomic E-state index is 9.25. The van der Waals surface area contributed by atoms with E-state index in [1.807, 2.05) is 6.07 Å². The van der Waals surface area contributed by atoms with Gasteiger partial charge in [-0.2, -0.15) is 0 Å². The van der Waals surface area contributed by atoms with E-state index in [4.69, 9.17) is 9.47 Å². The molecule has 1 saturated carbocycles. The summed E-state index contributed by atoms with van der Waals surface area (Å²) in [4.78, 5) is 0. The van der Waals surface area contributed by atoms with E-state index in [2.05, 4.69) is 34.2 Å². The highest BCUT2D eigenvalue weighted by Gasteiger charge is 2.20. The summed E-state index contributed by atoms with van der Waals surface area (Å²) in [6.07, 6.45) is 5.92. The van der Waals surface area contributed by atoms with Gasteiger partial charge in [-0.05, 0) is 65.7 Å². The molecule has 1 aromatic rings. The number of halogens is 1. The lowest BCUT2D eigenvalue weighted by molar-refractivity contribution is 0.199. The third-order valence-corrected chi connectivity index (χ3v) is 4.77. The van der Waals surface area contributed by atoms with Gasteiger partial charge in [0.15, 0.2) is 11.5 Å². The van der Waals surface area contributed by atoms with Gasteiger partial charge in [0.05, 0.1) is 24.3 Å². The molecule has 0 bridgehead atoms. The van der Waals surface area contributed by atoms with Crippen LogP contribution in [0.3, 0.4) is 0 Å². The van der Waals surface area contributed by atoms with Gasteiger partial charge in [-0.15, -0.1) is 0 Å². The van der Waals surface area contributed by atoms with E-state index < -0.39 is 0 Å². The average molecular weight is 372 g/mol. The second kappa shape index (κ2) is 8.75. The number of methoxy groups -OCH3 is 1. The molecule has 1 atom stereocenters. The molecule has 0 amide bonds. The lowest BCUT2D eigenvalue weighted by Crippen LogP contribution is -2.31. The lowest BCUT2D eigenvalue weighted by atomic mass is 10.1. The highest BCUT2D eigenvalue weighted by molar-refractivity contribution is 9.10. The standard InChI is InChI=1S/C17H26BrNO3/c1-3-13(11-20)19-10-12-8-15(18)17(16(9-12)21-2)22-14-6-4-5-7-14/h8-9,13-14,19-20H,3-7,10-11H2,1-2H3/t13-/m1/s1. The van der Waals surface area contributed by atoms with Crippen molar-refractivity contribution < 1.29 is 14.6 Å². The molecule has 0 saturated heterocycles. The van der Waals surface area contributed by atoms with E-state index in [0.29, 0.717) is 12.6 Å². The molecule has 0 aliphatic heterocycles. The molecule has 124 valence electrons. The third kappa shape index (κ3) is 4.61. The van der Waals surface area contributed by atoms with Crippen molar-refractivity contribution in [2.75, 3.05) is 13.7 Å². The van der Waals surface area contributed by atoms with Crippen LogP contribution < -0.4 is 14.8 Å². The number of hydrogen-bond donors (Lipinski definition) is 2. The van der Waals surface area contributed by atoms with Gasteiger partial charge >= 0.3 is 0 Å². The van der Waals surface area contributed by atoms with Gasteiger partial charge < -0.3 is 19.9 Å². The fourth-order valence-corrected chi connectivity index (χ4v) is 3.35. The van der Waals surface area contributed by atoms with Crippen LogP contribution in [0, 0.1) is 0 Å². The summed E-state index contributed by atoms with van der Waals surface area (Å²) in [7, 11) is 1.67. The van der Waals surface area contributed by atoms with Gasteiger partial charge in [0.25, 0.3) is 0 Å². The summed E-state index contributed by atoms with van der Waals surface area (Å²) in [5.74, 6) is 1.56. The second-order valence-corrected chi connectivity index (χ2v) is 6.66. The molecule has 4 nitrogen and oxygen atoms in total. The molecule has 1 aliphatic rings. The Balaban J connectivity index is 2.08. The molecule has 1 aliphatic carbocycles. The molecule has 0 unspecified atom stereocenters. The van der Waals surface area contributed by atoms with Crippen LogP contribution in [0.15, 0.2) is 16.6 Å². The first-order chi connectivity index (χ1) is 10.7. The molecule has 2 N–H and O–H groups in total. The number of hydrogen-bond acceptors (Lipinski definition) is 4. The summed E-state index contributed by atoms with van der Waals surface area (Å²) in [5, 5.41) is 12.6. The van der Waals surface area contributed by atoms with Crippen LogP contribution in [0.1, 0.15) is 44.6 Å². The molecule has 0 aromatic heterocycles. The Bertz CT molecular complexity index is 471. The van der Waals surface area contributed by atoms with Crippen molar-refractivity contribution in [3.8, 4) is 11.5 Å². The molecule has 0 spiro atoms. The smallest absolute Gasteiger partial charge is 0.175 e. The number of benzene rings is 1. The largest absolute Gasteiger partial charge is 0.493 e. The van der Waals surface area contributed by atoms with E-state index >= 15 is 0 Å². The molecular weight excluding hydrogens is 346 g/mol. The first kappa shape index (κ1) is 17.6. The maximum absolute atomic E-state index is 9.25. The van der Waals surface area contributed by atoms with E-state index in [1.54, 1.807) is 7.11 Å². The minimum atomic E-state index is 0.124. The molecule has 1 aromatic carbocycles. The van der Waals surface area contributed by atoms with Crippen molar-refractivity contribution in [2.45, 2.75) is 57.7 Å². The van der Waals surface area contributed by atoms with Crippen LogP contribution in [0.25, 0.3) is 0 Å². The van der Waals surface area contributed by atoms with Gasteiger partial charge in [-0.25, -0.2) is 0 Å². The quantitative estimate of drug-likeness (QED) is 0.732. The van der Waals surface area contributed by atoms with E-state index in [9.17, 15) is 5.11 Å². The maximum Gasteiger partial charge on any atom is 0.175 e. The molecule has 0 heterocycles. The summed E-state index contributed by atoms with van der Waals surface area (Å²) < 4.78 is 12.5. The zero-order chi connectivity index (χ0) is 15.9. The van der Waals surface area contributed by atoms with E-state index in [-0.39, 0.29) is 12.6 Å². The fraction of sp³-hybridized carbons (Fsp3) is 0.647. The first-order valence-electron chi connectivity index (χ1n) is 8.05. The Kier molecular flexibility index (Phi) is 6.99. The third-order valence-electron chi connectivity index (χ3n) is 4.18. The van der Waals surface area contributed by atoms with Crippen molar-refractivity contribution in [3.05, 3.63) is 22.2 Å². The second-order valence-electron chi connectivity index (χ2n) is 5.80. The lowest BCUT2D eigenvalue weighted by Gasteiger charge is -2.19. The van der Waals surface area contributed by atoms with Crippen molar-refractivity contribution in [3.63, 3.8) is 0 Å². The molecular formula is C17H26BrNO3. The summed E-state index contributed by atoms with van der Waals surface area (Å²) in [6, 6.07) is 4.19. The number of aliphatic hydroxyl groups is 1. The molecule has 22 heavy (non-hydrogen) atoms. The van der Waals surface area contributed by atoms with Gasteiger partial charge in [0, 0.05) is 12.6 Å². The Hall–Kier alpha value is -0.780. The number of nitrogens with one attached hydrogen (secondary N) is 1. The van der Waals surface area contributed by atoms with Crippen molar-refractivity contribution >= 4 is 15.9 Å². The highest BCUT2D eigenvalue weighted by Crippen LogP contribution is 2.39. The summed E-state index contributed by atoms with van der Waals surface area (Å²) in [6.45, 7) is 2.90. The van der Waals surface area contributed by atoms with Crippen LogP contribution >= 0.6 is 15.9 Å². The van der Waals surface area contributed by atoms with E-state index in [1.165, 1.54) is 12.8 Å². The molecule has 2 rings (SSSR count). The average Bonchev–Trinajstić information content (AvgIpc) is 3.03. The fourth-order valence-electron chi connectivity index (χ4n) is 2.76. The minimum Gasteiger partial charge on any atom is -0.493 e. The zero-order valence-corrected chi connectivity index (χ0v) is 15.0. The van der Waals surface area contributed by atoms with Gasteiger partial charge in [-0.1, -0.05) is 6.92 Å². The Morgan fingerprint density at radius 1 is 1.36 bits per heavy atom. The van der Waals surface area contributed by atoms with Gasteiger partial charge in [0.1, 0.15) is 0 Å². The van der Waals surface area contributed by atoms with Crippen LogP contribution in [0.2, 0.25) is 0 Å². The molecule has 5 heteroatoms. The van der Waals surface area contributed by atoms with Crippen molar-refractivity contribution in [2.24, 2.45) is 0 Å². The predicted octanol–water partition coefficient (Wildman–Crippen LogP) is 3.64. The molecule has 1 fully saturated rings. The van der Waals surface area contributed by atoms with Crippen LogP contribution in [-0.2, 0) is 6.54 Å². The highest BCUT2D eigenvalue weighted by atomic mass is 79.9. The molecule has 0 radical (unpaired) electrons. The van der Waals surface area contributed by atoms with Gasteiger partial charge in [-0.3, -0.25) is 0 Å². The van der Waals surface area contributed by atoms with Gasteiger partial charge in [0.2, 0.25) is 0 Å². The summed E-state index contributed by atoms with van der Waals surface area (Å²) >= 11 is 3.61. The predicted molar refractivity (Wildman–Crippen MR) is 91.6 cm³/mol. The zero-order valence-electron chi connectivity index (χ0n) is 13.4. The Morgan fingerprint density at radius 3 is 2.68 bits per heavy atom. The summed E-state index contributed by atoms with van der Waals surface area (Å²) in [5.41, 5.74) is 1.11. The van der Waals surface area contributed by atoms with Crippen LogP contribution in [0.4, 0.5) is 0 Å². The number of aliphatic hydroxyl groups excluding tert-OH is 1. The first-order valence-corrected chi connectivity index (χ1v) is 8.84. The Morgan fingerprint density at radius 2 is 2.09 bits per heavy atom. The Labute approximate surface area is 141 Å².